The molecule has 0 fully saturated rings. The molecular formula is C47H36N2S. The van der Waals surface area contributed by atoms with E-state index in [-0.39, 0.29) is 11.5 Å². The van der Waals surface area contributed by atoms with Crippen molar-refractivity contribution in [1.29, 1.82) is 0 Å². The zero-order valence-electron chi connectivity index (χ0n) is 27.8. The van der Waals surface area contributed by atoms with Gasteiger partial charge < -0.3 is 11.5 Å². The maximum Gasteiger partial charge on any atom is 0.0726 e. The molecule has 4 N–H and O–H groups in total. The second-order valence-corrected chi connectivity index (χ2v) is 14.3. The Labute approximate surface area is 297 Å². The van der Waals surface area contributed by atoms with Crippen molar-refractivity contribution in [2.45, 2.75) is 18.4 Å². The highest BCUT2D eigenvalue weighted by Crippen LogP contribution is 2.64. The number of fused-ring (bicyclic) bond motifs is 14. The Morgan fingerprint density at radius 1 is 0.580 bits per heavy atom. The summed E-state index contributed by atoms with van der Waals surface area (Å²) in [6.45, 7) is 2.22. The molecule has 8 aromatic rings. The van der Waals surface area contributed by atoms with Crippen molar-refractivity contribution in [3.05, 3.63) is 209 Å². The summed E-state index contributed by atoms with van der Waals surface area (Å²) < 4.78 is 2.78. The lowest BCUT2D eigenvalue weighted by Crippen LogP contribution is -2.25. The zero-order valence-corrected chi connectivity index (χ0v) is 28.6. The minimum Gasteiger partial charge on any atom is -0.398 e. The molecule has 1 spiro atoms. The van der Waals surface area contributed by atoms with E-state index in [0.717, 1.165) is 11.1 Å². The lowest BCUT2D eigenvalue weighted by atomic mass is 9.70. The predicted octanol–water partition coefficient (Wildman–Crippen LogP) is 11.4. The second kappa shape index (κ2) is 12.0. The van der Waals surface area contributed by atoms with Crippen molar-refractivity contribution < 1.29 is 0 Å². The molecule has 2 aliphatic rings. The lowest BCUT2D eigenvalue weighted by Gasteiger charge is -2.30. The molecule has 2 nitrogen and oxygen atoms in total. The molecule has 0 amide bonds. The zero-order chi connectivity index (χ0) is 33.8. The summed E-state index contributed by atoms with van der Waals surface area (Å²) in [5.74, 6) is 0. The van der Waals surface area contributed by atoms with Crippen LogP contribution >= 0.6 is 11.3 Å². The van der Waals surface area contributed by atoms with E-state index >= 15 is 0 Å². The quantitative estimate of drug-likeness (QED) is 0.198. The van der Waals surface area contributed by atoms with Crippen molar-refractivity contribution in [3.63, 3.8) is 0 Å². The fourth-order valence-electron chi connectivity index (χ4n) is 8.21. The van der Waals surface area contributed by atoms with Gasteiger partial charge in [0, 0.05) is 31.4 Å². The molecule has 0 radical (unpaired) electrons. The van der Waals surface area contributed by atoms with E-state index in [2.05, 4.69) is 110 Å². The fourth-order valence-corrected chi connectivity index (χ4v) is 9.47. The van der Waals surface area contributed by atoms with Gasteiger partial charge in [-0.3, -0.25) is 0 Å². The molecule has 10 rings (SSSR count). The summed E-state index contributed by atoms with van der Waals surface area (Å²) in [5.41, 5.74) is 27.2. The Balaban J connectivity index is 0.000000168. The maximum atomic E-state index is 6.08. The van der Waals surface area contributed by atoms with E-state index in [1.54, 1.807) is 0 Å². The van der Waals surface area contributed by atoms with Crippen LogP contribution in [0.2, 0.25) is 0 Å². The number of aryl methyl sites for hydroxylation is 1. The van der Waals surface area contributed by atoms with Gasteiger partial charge in [0.1, 0.15) is 0 Å². The van der Waals surface area contributed by atoms with Crippen LogP contribution in [0.5, 0.6) is 0 Å². The molecule has 1 aromatic heterocycles. The number of rotatable bonds is 3. The molecule has 0 saturated heterocycles. The van der Waals surface area contributed by atoms with Crippen LogP contribution in [0.1, 0.15) is 45.0 Å². The van der Waals surface area contributed by atoms with Crippen LogP contribution in [0.15, 0.2) is 170 Å². The van der Waals surface area contributed by atoms with E-state index in [4.69, 9.17) is 11.5 Å². The van der Waals surface area contributed by atoms with E-state index in [1.807, 2.05) is 78.1 Å². The summed E-state index contributed by atoms with van der Waals surface area (Å²) in [4.78, 5) is 0. The van der Waals surface area contributed by atoms with Crippen LogP contribution in [-0.2, 0) is 5.41 Å². The minimum absolute atomic E-state index is 0.170. The predicted molar refractivity (Wildman–Crippen MR) is 212 cm³/mol. The standard InChI is InChI=1S/C32H20S.C15H16N2/c1-19-14-15-24-28(18-19)32(25-11-5-2-8-20(25)21-9-3-6-12-26(21)32)27-17-16-23-22-10-4-7-13-29(22)33-31(23)30(24)27;16-14(12-7-3-1-4-8-12)11-15(17)13-9-5-2-6-10-13/h2-18H,1H3;1-11,14H,16-17H2/b;15-11-. The Hall–Kier alpha value is -5.74. The van der Waals surface area contributed by atoms with Gasteiger partial charge in [0.05, 0.1) is 11.5 Å². The number of benzene rings is 7. The van der Waals surface area contributed by atoms with Crippen LogP contribution in [0.25, 0.3) is 48.1 Å². The Morgan fingerprint density at radius 2 is 1.20 bits per heavy atom. The monoisotopic (exact) mass is 660 g/mol. The number of thiophene rings is 1. The number of nitrogens with two attached hydrogens (primary N) is 2. The van der Waals surface area contributed by atoms with E-state index in [9.17, 15) is 0 Å². The van der Waals surface area contributed by atoms with E-state index in [0.29, 0.717) is 5.70 Å². The number of hydrogen-bond acceptors (Lipinski definition) is 3. The van der Waals surface area contributed by atoms with Gasteiger partial charge in [-0.2, -0.15) is 0 Å². The molecule has 1 heterocycles. The highest BCUT2D eigenvalue weighted by molar-refractivity contribution is 7.26. The summed E-state index contributed by atoms with van der Waals surface area (Å²) in [7, 11) is 0. The molecule has 3 heteroatoms. The first-order chi connectivity index (χ1) is 24.6. The molecule has 0 saturated carbocycles. The van der Waals surface area contributed by atoms with E-state index in [1.165, 1.54) is 70.2 Å². The summed E-state index contributed by atoms with van der Waals surface area (Å²) >= 11 is 1.94. The highest BCUT2D eigenvalue weighted by atomic mass is 32.1. The van der Waals surface area contributed by atoms with Gasteiger partial charge in [0.15, 0.2) is 0 Å². The molecular weight excluding hydrogens is 625 g/mol. The third kappa shape index (κ3) is 4.59. The van der Waals surface area contributed by atoms with Crippen molar-refractivity contribution in [2.24, 2.45) is 11.5 Å². The molecule has 1 atom stereocenters. The van der Waals surface area contributed by atoms with Crippen LogP contribution < -0.4 is 11.5 Å². The van der Waals surface area contributed by atoms with Crippen LogP contribution in [-0.4, -0.2) is 0 Å². The first-order valence-electron chi connectivity index (χ1n) is 17.1. The van der Waals surface area contributed by atoms with Gasteiger partial charge in [-0.25, -0.2) is 0 Å². The normalized spacial score (nSPS) is 14.1. The molecule has 2 aliphatic carbocycles. The number of hydrogen-bond donors (Lipinski definition) is 2. The van der Waals surface area contributed by atoms with Crippen molar-refractivity contribution >= 4 is 37.2 Å². The van der Waals surface area contributed by atoms with Gasteiger partial charge in [-0.15, -0.1) is 11.3 Å². The average molecular weight is 661 g/mol. The third-order valence-corrected chi connectivity index (χ3v) is 11.6. The topological polar surface area (TPSA) is 52.0 Å². The SMILES string of the molecule is Cc1ccc2c(c1)C1(c3ccccc3-c3ccccc31)c1ccc3c(sc4ccccc43)c1-2.N/C(=C\C(N)c1ccccc1)c1ccccc1. The third-order valence-electron chi connectivity index (χ3n) is 10.4. The fraction of sp³-hybridized carbons (Fsp3) is 0.0638. The Kier molecular flexibility index (Phi) is 7.27. The Morgan fingerprint density at radius 3 is 1.92 bits per heavy atom. The first kappa shape index (κ1) is 30.3. The Bertz CT molecular complexity index is 2530. The lowest BCUT2D eigenvalue weighted by molar-refractivity contribution is 0.793. The van der Waals surface area contributed by atoms with Gasteiger partial charge in [0.2, 0.25) is 0 Å². The molecule has 240 valence electrons. The summed E-state index contributed by atoms with van der Waals surface area (Å²) in [6, 6.07) is 58.4. The molecule has 0 bridgehead atoms. The van der Waals surface area contributed by atoms with Crippen molar-refractivity contribution in [1.82, 2.24) is 0 Å². The van der Waals surface area contributed by atoms with Gasteiger partial charge in [-0.1, -0.05) is 163 Å². The molecule has 1 unspecified atom stereocenters. The van der Waals surface area contributed by atoms with Crippen molar-refractivity contribution in [3.8, 4) is 22.3 Å². The minimum atomic E-state index is -0.256. The van der Waals surface area contributed by atoms with E-state index < -0.39 is 0 Å². The first-order valence-corrected chi connectivity index (χ1v) is 18.0. The highest BCUT2D eigenvalue weighted by Gasteiger charge is 2.52. The van der Waals surface area contributed by atoms with Crippen LogP contribution in [0.3, 0.4) is 0 Å². The van der Waals surface area contributed by atoms with Crippen molar-refractivity contribution in [2.75, 3.05) is 0 Å². The second-order valence-electron chi connectivity index (χ2n) is 13.3. The maximum absolute atomic E-state index is 6.08. The summed E-state index contributed by atoms with van der Waals surface area (Å²) in [6.07, 6.45) is 1.88. The molecule has 50 heavy (non-hydrogen) atoms. The average Bonchev–Trinajstić information content (AvgIpc) is 3.79. The van der Waals surface area contributed by atoms with Crippen LogP contribution in [0, 0.1) is 6.92 Å². The largest absolute Gasteiger partial charge is 0.398 e. The molecule has 0 aliphatic heterocycles. The summed E-state index contributed by atoms with van der Waals surface area (Å²) in [5, 5.41) is 2.74. The van der Waals surface area contributed by atoms with Crippen LogP contribution in [0.4, 0.5) is 0 Å². The van der Waals surface area contributed by atoms with Gasteiger partial charge >= 0.3 is 0 Å². The molecule has 7 aromatic carbocycles. The smallest absolute Gasteiger partial charge is 0.0726 e. The van der Waals surface area contributed by atoms with Gasteiger partial charge in [0.25, 0.3) is 0 Å². The van der Waals surface area contributed by atoms with Gasteiger partial charge in [-0.05, 0) is 69.1 Å².